The first-order valence-corrected chi connectivity index (χ1v) is 10.8. The first-order valence-electron chi connectivity index (χ1n) is 7.41. The molecule has 0 radical (unpaired) electrons. The lowest BCUT2D eigenvalue weighted by atomic mass is 10.1. The topological polar surface area (TPSA) is 61.5 Å². The van der Waals surface area contributed by atoms with Crippen LogP contribution in [0, 0.1) is 0 Å². The van der Waals surface area contributed by atoms with E-state index in [0.29, 0.717) is 5.70 Å². The van der Waals surface area contributed by atoms with Crippen LogP contribution in [0.1, 0.15) is 32.4 Å². The first-order chi connectivity index (χ1) is 9.98. The number of rotatable bonds is 5. The third-order valence-corrected chi connectivity index (χ3v) is 3.51. The first kappa shape index (κ1) is 18.5. The van der Waals surface area contributed by atoms with E-state index in [4.69, 9.17) is 14.9 Å². The Hall–Kier alpha value is -1.59. The lowest BCUT2D eigenvalue weighted by Gasteiger charge is -2.27. The van der Waals surface area contributed by atoms with E-state index in [2.05, 4.69) is 19.6 Å². The molecule has 2 N–H and O–H groups in total. The molecule has 0 fully saturated rings. The van der Waals surface area contributed by atoms with Crippen LogP contribution in [-0.4, -0.2) is 19.9 Å². The van der Waals surface area contributed by atoms with E-state index >= 15 is 0 Å². The van der Waals surface area contributed by atoms with E-state index in [9.17, 15) is 4.79 Å². The van der Waals surface area contributed by atoms with Crippen molar-refractivity contribution in [2.45, 2.75) is 52.1 Å². The van der Waals surface area contributed by atoms with Crippen LogP contribution in [0.15, 0.2) is 42.1 Å². The Bertz CT molecular complexity index is 527. The molecule has 122 valence electrons. The smallest absolute Gasteiger partial charge is 0.333 e. The van der Waals surface area contributed by atoms with Gasteiger partial charge in [0.1, 0.15) is 11.7 Å². The summed E-state index contributed by atoms with van der Waals surface area (Å²) in [6, 6.07) is 9.68. The van der Waals surface area contributed by atoms with Crippen molar-refractivity contribution < 1.29 is 14.0 Å². The minimum absolute atomic E-state index is 0.364. The van der Waals surface area contributed by atoms with E-state index < -0.39 is 26.0 Å². The van der Waals surface area contributed by atoms with E-state index in [1.807, 2.05) is 51.1 Å². The Balaban J connectivity index is 3.03. The highest BCUT2D eigenvalue weighted by Crippen LogP contribution is 2.27. The summed E-state index contributed by atoms with van der Waals surface area (Å²) in [6.07, 6.45) is 0.892. The van der Waals surface area contributed by atoms with Crippen molar-refractivity contribution in [3.05, 3.63) is 47.7 Å². The van der Waals surface area contributed by atoms with Gasteiger partial charge in [0, 0.05) is 11.8 Å². The third kappa shape index (κ3) is 6.91. The Morgan fingerprint density at radius 2 is 1.73 bits per heavy atom. The molecule has 0 saturated carbocycles. The molecule has 0 heterocycles. The maximum Gasteiger partial charge on any atom is 0.333 e. The highest BCUT2D eigenvalue weighted by atomic mass is 28.4. The molecule has 1 atom stereocenters. The van der Waals surface area contributed by atoms with Crippen molar-refractivity contribution in [1.82, 2.24) is 0 Å². The number of esters is 1. The van der Waals surface area contributed by atoms with Gasteiger partial charge in [-0.15, -0.1) is 0 Å². The van der Waals surface area contributed by atoms with Crippen LogP contribution in [0.2, 0.25) is 19.6 Å². The maximum atomic E-state index is 11.9. The summed E-state index contributed by atoms with van der Waals surface area (Å²) in [5.74, 6) is -0.454. The van der Waals surface area contributed by atoms with Gasteiger partial charge in [-0.25, -0.2) is 4.79 Å². The minimum atomic E-state index is -1.84. The van der Waals surface area contributed by atoms with Gasteiger partial charge < -0.3 is 14.9 Å². The van der Waals surface area contributed by atoms with Gasteiger partial charge in [-0.3, -0.25) is 0 Å². The molecule has 0 aliphatic carbocycles. The summed E-state index contributed by atoms with van der Waals surface area (Å²) in [6.45, 7) is 11.7. The van der Waals surface area contributed by atoms with Crippen LogP contribution in [0.5, 0.6) is 0 Å². The Kier molecular flexibility index (Phi) is 5.97. The number of hydrogen-bond acceptors (Lipinski definition) is 4. The number of hydrogen-bond donors (Lipinski definition) is 1. The quantitative estimate of drug-likeness (QED) is 0.509. The molecule has 4 nitrogen and oxygen atoms in total. The molecule has 1 aromatic rings. The van der Waals surface area contributed by atoms with Crippen molar-refractivity contribution in [1.29, 1.82) is 0 Å². The number of carbonyl (C=O) groups excluding carboxylic acids is 1. The number of benzene rings is 1. The normalized spacial score (nSPS) is 14.5. The van der Waals surface area contributed by atoms with Crippen molar-refractivity contribution in [3.63, 3.8) is 0 Å². The van der Waals surface area contributed by atoms with E-state index in [1.54, 1.807) is 0 Å². The molecule has 1 unspecified atom stereocenters. The SMILES string of the molecule is CC(C)(C)OC(=O)/C=C(\N)C(O[Si](C)(C)C)c1ccccc1. The second kappa shape index (κ2) is 7.11. The molecule has 0 saturated heterocycles. The van der Waals surface area contributed by atoms with Crippen LogP contribution < -0.4 is 5.73 Å². The lowest BCUT2D eigenvalue weighted by molar-refractivity contribution is -0.148. The fraction of sp³-hybridized carbons (Fsp3) is 0.471. The summed E-state index contributed by atoms with van der Waals surface area (Å²) in [4.78, 5) is 11.9. The fourth-order valence-corrected chi connectivity index (χ4v) is 2.83. The maximum absolute atomic E-state index is 11.9. The van der Waals surface area contributed by atoms with Crippen molar-refractivity contribution in [2.75, 3.05) is 0 Å². The summed E-state index contributed by atoms with van der Waals surface area (Å²) >= 11 is 0. The zero-order valence-electron chi connectivity index (χ0n) is 14.3. The highest BCUT2D eigenvalue weighted by molar-refractivity contribution is 6.69. The summed E-state index contributed by atoms with van der Waals surface area (Å²) in [7, 11) is -1.84. The van der Waals surface area contributed by atoms with Crippen LogP contribution in [0.25, 0.3) is 0 Å². The molecular formula is C17H27NO3Si. The second-order valence-corrected chi connectivity index (χ2v) is 11.7. The standard InChI is InChI=1S/C17H27NO3Si/c1-17(2,3)20-15(19)12-14(18)16(21-22(4,5)6)13-10-8-7-9-11-13/h7-12,16H,18H2,1-6H3/b14-12-. The van der Waals surface area contributed by atoms with E-state index in [1.165, 1.54) is 6.08 Å². The molecule has 0 aliphatic heterocycles. The van der Waals surface area contributed by atoms with Gasteiger partial charge in [0.05, 0.1) is 0 Å². The summed E-state index contributed by atoms with van der Waals surface area (Å²) in [5, 5.41) is 0. The molecular weight excluding hydrogens is 294 g/mol. The monoisotopic (exact) mass is 321 g/mol. The Morgan fingerprint density at radius 3 is 2.18 bits per heavy atom. The third-order valence-electron chi connectivity index (χ3n) is 2.57. The zero-order chi connectivity index (χ0) is 17.0. The van der Waals surface area contributed by atoms with Gasteiger partial charge in [-0.05, 0) is 46.0 Å². The Morgan fingerprint density at radius 1 is 1.18 bits per heavy atom. The fourth-order valence-electron chi connectivity index (χ4n) is 1.85. The van der Waals surface area contributed by atoms with Crippen LogP contribution in [0.3, 0.4) is 0 Å². The predicted octanol–water partition coefficient (Wildman–Crippen LogP) is 3.76. The van der Waals surface area contributed by atoms with Crippen LogP contribution in [-0.2, 0) is 14.0 Å². The number of ether oxygens (including phenoxy) is 1. The largest absolute Gasteiger partial charge is 0.457 e. The average Bonchev–Trinajstić information content (AvgIpc) is 2.33. The van der Waals surface area contributed by atoms with E-state index in [0.717, 1.165) is 5.56 Å². The van der Waals surface area contributed by atoms with Gasteiger partial charge in [-0.2, -0.15) is 0 Å². The molecule has 0 aliphatic rings. The van der Waals surface area contributed by atoms with Gasteiger partial charge in [0.15, 0.2) is 8.32 Å². The predicted molar refractivity (Wildman–Crippen MR) is 91.7 cm³/mol. The Labute approximate surface area is 134 Å². The van der Waals surface area contributed by atoms with Gasteiger partial charge in [-0.1, -0.05) is 30.3 Å². The average molecular weight is 321 g/mol. The van der Waals surface area contributed by atoms with Crippen LogP contribution >= 0.6 is 0 Å². The molecule has 1 rings (SSSR count). The highest BCUT2D eigenvalue weighted by Gasteiger charge is 2.25. The number of carbonyl (C=O) groups is 1. The minimum Gasteiger partial charge on any atom is -0.457 e. The van der Waals surface area contributed by atoms with Crippen molar-refractivity contribution in [3.8, 4) is 0 Å². The molecule has 0 bridgehead atoms. The second-order valence-electron chi connectivity index (χ2n) is 7.20. The summed E-state index contributed by atoms with van der Waals surface area (Å²) < 4.78 is 11.4. The van der Waals surface area contributed by atoms with Crippen LogP contribution in [0.4, 0.5) is 0 Å². The molecule has 0 spiro atoms. The van der Waals surface area contributed by atoms with Crippen molar-refractivity contribution >= 4 is 14.3 Å². The van der Waals surface area contributed by atoms with Crippen molar-refractivity contribution in [2.24, 2.45) is 5.73 Å². The molecule has 1 aromatic carbocycles. The number of nitrogens with two attached hydrogens (primary N) is 1. The van der Waals surface area contributed by atoms with Gasteiger partial charge >= 0.3 is 5.97 Å². The molecule has 5 heteroatoms. The van der Waals surface area contributed by atoms with E-state index in [-0.39, 0.29) is 0 Å². The van der Waals surface area contributed by atoms with Gasteiger partial charge in [0.2, 0.25) is 0 Å². The zero-order valence-corrected chi connectivity index (χ0v) is 15.3. The summed E-state index contributed by atoms with van der Waals surface area (Å²) in [5.41, 5.74) is 6.88. The lowest BCUT2D eigenvalue weighted by Crippen LogP contribution is -2.31. The van der Waals surface area contributed by atoms with Gasteiger partial charge in [0.25, 0.3) is 0 Å². The molecule has 0 aromatic heterocycles. The molecule has 22 heavy (non-hydrogen) atoms. The molecule has 0 amide bonds.